The molecule has 0 saturated carbocycles. The lowest BCUT2D eigenvalue weighted by molar-refractivity contribution is -0.149. The van der Waals surface area contributed by atoms with Crippen LogP contribution in [0.15, 0.2) is 0 Å². The maximum absolute atomic E-state index is 11.5. The molecule has 5 heteroatoms. The van der Waals surface area contributed by atoms with Crippen LogP contribution in [0, 0.1) is 5.92 Å². The molecule has 0 amide bonds. The zero-order chi connectivity index (χ0) is 11.7. The third kappa shape index (κ3) is 2.04. The minimum Gasteiger partial charge on any atom is -0.469 e. The topological polar surface area (TPSA) is 64.6 Å². The number of hydrogen-bond donors (Lipinski definition) is 1. The first-order valence-corrected chi connectivity index (χ1v) is 5.63. The van der Waals surface area contributed by atoms with Crippen LogP contribution in [0.25, 0.3) is 0 Å². The van der Waals surface area contributed by atoms with Crippen LogP contribution in [0.3, 0.4) is 0 Å². The first-order valence-electron chi connectivity index (χ1n) is 5.63. The van der Waals surface area contributed by atoms with Crippen molar-refractivity contribution in [3.05, 3.63) is 0 Å². The van der Waals surface area contributed by atoms with Crippen molar-refractivity contribution >= 4 is 11.9 Å². The fourth-order valence-electron chi connectivity index (χ4n) is 2.75. The van der Waals surface area contributed by atoms with E-state index in [0.29, 0.717) is 6.42 Å². The van der Waals surface area contributed by atoms with Crippen LogP contribution in [0.2, 0.25) is 0 Å². The average molecular weight is 227 g/mol. The molecule has 0 aliphatic carbocycles. The van der Waals surface area contributed by atoms with Crippen molar-refractivity contribution in [1.29, 1.82) is 0 Å². The molecule has 2 saturated heterocycles. The molecule has 0 aromatic rings. The number of esters is 2. The Hall–Kier alpha value is -1.10. The summed E-state index contributed by atoms with van der Waals surface area (Å²) in [5.41, 5.74) is 0. The third-order valence-electron chi connectivity index (χ3n) is 3.45. The highest BCUT2D eigenvalue weighted by atomic mass is 16.5. The number of piperidine rings is 1. The Kier molecular flexibility index (Phi) is 3.14. The molecule has 4 atom stereocenters. The summed E-state index contributed by atoms with van der Waals surface area (Å²) in [4.78, 5) is 22.4. The molecular formula is C11H17NO4. The molecule has 2 bridgehead atoms. The van der Waals surface area contributed by atoms with Gasteiger partial charge in [-0.3, -0.25) is 9.59 Å². The fraction of sp³-hybridized carbons (Fsp3) is 0.818. The van der Waals surface area contributed by atoms with Crippen molar-refractivity contribution in [2.24, 2.45) is 5.92 Å². The van der Waals surface area contributed by atoms with E-state index in [4.69, 9.17) is 9.47 Å². The van der Waals surface area contributed by atoms with Crippen LogP contribution >= 0.6 is 0 Å². The molecule has 2 unspecified atom stereocenters. The molecule has 5 nitrogen and oxygen atoms in total. The monoisotopic (exact) mass is 227 g/mol. The van der Waals surface area contributed by atoms with E-state index >= 15 is 0 Å². The number of rotatable bonds is 2. The van der Waals surface area contributed by atoms with E-state index in [0.717, 1.165) is 12.8 Å². The van der Waals surface area contributed by atoms with Gasteiger partial charge in [0.2, 0.25) is 0 Å². The minimum atomic E-state index is -0.258. The Labute approximate surface area is 94.5 Å². The Morgan fingerprint density at radius 2 is 2.00 bits per heavy atom. The Bertz CT molecular complexity index is 304. The second-order valence-corrected chi connectivity index (χ2v) is 4.47. The highest BCUT2D eigenvalue weighted by molar-refractivity contribution is 5.74. The zero-order valence-corrected chi connectivity index (χ0v) is 9.56. The fourth-order valence-corrected chi connectivity index (χ4v) is 2.75. The number of methoxy groups -OCH3 is 1. The smallest absolute Gasteiger partial charge is 0.310 e. The van der Waals surface area contributed by atoms with Gasteiger partial charge in [-0.05, 0) is 19.3 Å². The SMILES string of the molecule is COC(=O)[C@H]1CC2NC1CC[C@@H]2OC(C)=O. The summed E-state index contributed by atoms with van der Waals surface area (Å²) >= 11 is 0. The predicted molar refractivity (Wildman–Crippen MR) is 55.6 cm³/mol. The molecule has 2 heterocycles. The Morgan fingerprint density at radius 1 is 1.25 bits per heavy atom. The zero-order valence-electron chi connectivity index (χ0n) is 9.56. The van der Waals surface area contributed by atoms with Crippen LogP contribution < -0.4 is 5.32 Å². The van der Waals surface area contributed by atoms with E-state index in [2.05, 4.69) is 5.32 Å². The number of hydrogen-bond acceptors (Lipinski definition) is 5. The Morgan fingerprint density at radius 3 is 2.62 bits per heavy atom. The van der Waals surface area contributed by atoms with E-state index in [1.807, 2.05) is 0 Å². The molecule has 1 N–H and O–H groups in total. The van der Waals surface area contributed by atoms with Gasteiger partial charge in [-0.15, -0.1) is 0 Å². The highest BCUT2D eigenvalue weighted by Crippen LogP contribution is 2.34. The van der Waals surface area contributed by atoms with Crippen molar-refractivity contribution < 1.29 is 19.1 Å². The lowest BCUT2D eigenvalue weighted by Gasteiger charge is -2.29. The molecule has 0 spiro atoms. The number of fused-ring (bicyclic) bond motifs is 2. The lowest BCUT2D eigenvalue weighted by Crippen LogP contribution is -2.46. The second-order valence-electron chi connectivity index (χ2n) is 4.47. The van der Waals surface area contributed by atoms with E-state index in [-0.39, 0.29) is 36.0 Å². The first kappa shape index (κ1) is 11.4. The van der Waals surface area contributed by atoms with Gasteiger partial charge < -0.3 is 14.8 Å². The number of ether oxygens (including phenoxy) is 2. The number of carbonyl (C=O) groups excluding carboxylic acids is 2. The van der Waals surface area contributed by atoms with Gasteiger partial charge in [-0.2, -0.15) is 0 Å². The van der Waals surface area contributed by atoms with Crippen molar-refractivity contribution in [1.82, 2.24) is 5.32 Å². The maximum atomic E-state index is 11.5. The summed E-state index contributed by atoms with van der Waals surface area (Å²) in [5, 5.41) is 3.33. The van der Waals surface area contributed by atoms with Gasteiger partial charge in [0, 0.05) is 19.0 Å². The molecule has 2 aliphatic heterocycles. The molecule has 2 fully saturated rings. The number of nitrogens with one attached hydrogen (secondary N) is 1. The molecule has 0 aromatic heterocycles. The van der Waals surface area contributed by atoms with Gasteiger partial charge in [-0.1, -0.05) is 0 Å². The Balaban J connectivity index is 2.00. The van der Waals surface area contributed by atoms with E-state index in [9.17, 15) is 9.59 Å². The van der Waals surface area contributed by atoms with Gasteiger partial charge in [0.1, 0.15) is 6.10 Å². The van der Waals surface area contributed by atoms with Crippen LogP contribution in [-0.4, -0.2) is 37.2 Å². The van der Waals surface area contributed by atoms with Crippen LogP contribution in [0.4, 0.5) is 0 Å². The van der Waals surface area contributed by atoms with Crippen molar-refractivity contribution in [2.75, 3.05) is 7.11 Å². The summed E-state index contributed by atoms with van der Waals surface area (Å²) in [6, 6.07) is 0.288. The quantitative estimate of drug-likeness (QED) is 0.684. The summed E-state index contributed by atoms with van der Waals surface area (Å²) in [5.74, 6) is -0.509. The van der Waals surface area contributed by atoms with Gasteiger partial charge in [-0.25, -0.2) is 0 Å². The van der Waals surface area contributed by atoms with Crippen LogP contribution in [0.5, 0.6) is 0 Å². The van der Waals surface area contributed by atoms with Gasteiger partial charge in [0.05, 0.1) is 13.0 Å². The average Bonchev–Trinajstić information content (AvgIpc) is 2.60. The molecule has 0 aromatic carbocycles. The maximum Gasteiger partial charge on any atom is 0.310 e. The molecule has 16 heavy (non-hydrogen) atoms. The largest absolute Gasteiger partial charge is 0.469 e. The molecule has 2 aliphatic rings. The van der Waals surface area contributed by atoms with Gasteiger partial charge in [0.25, 0.3) is 0 Å². The van der Waals surface area contributed by atoms with E-state index in [1.54, 1.807) is 0 Å². The van der Waals surface area contributed by atoms with E-state index < -0.39 is 0 Å². The van der Waals surface area contributed by atoms with Crippen molar-refractivity contribution in [3.63, 3.8) is 0 Å². The highest BCUT2D eigenvalue weighted by Gasteiger charge is 2.46. The molecule has 2 rings (SSSR count). The summed E-state index contributed by atoms with van der Waals surface area (Å²) in [6.07, 6.45) is 2.29. The first-order chi connectivity index (χ1) is 7.61. The van der Waals surface area contributed by atoms with Gasteiger partial charge >= 0.3 is 11.9 Å². The summed E-state index contributed by atoms with van der Waals surface area (Å²) in [6.45, 7) is 1.42. The van der Waals surface area contributed by atoms with Crippen LogP contribution in [-0.2, 0) is 19.1 Å². The molecule has 90 valence electrons. The van der Waals surface area contributed by atoms with Crippen LogP contribution in [0.1, 0.15) is 26.2 Å². The van der Waals surface area contributed by atoms with Gasteiger partial charge in [0.15, 0.2) is 0 Å². The summed E-state index contributed by atoms with van der Waals surface area (Å²) < 4.78 is 10.0. The normalized spacial score (nSPS) is 36.9. The standard InChI is InChI=1S/C11H17NO4/c1-6(13)16-10-4-3-8-7(11(14)15-2)5-9(10)12-8/h7-10,12H,3-5H2,1-2H3/t7-,8?,9?,10-/m0/s1. The second kappa shape index (κ2) is 4.41. The third-order valence-corrected chi connectivity index (χ3v) is 3.45. The number of carbonyl (C=O) groups is 2. The predicted octanol–water partition coefficient (Wildman–Crippen LogP) is 0.232. The molecule has 0 radical (unpaired) electrons. The summed E-state index contributed by atoms with van der Waals surface area (Å²) in [7, 11) is 1.41. The van der Waals surface area contributed by atoms with E-state index in [1.165, 1.54) is 14.0 Å². The molecular weight excluding hydrogens is 210 g/mol. The minimum absolute atomic E-state index is 0.0874. The van der Waals surface area contributed by atoms with Crippen molar-refractivity contribution in [2.45, 2.75) is 44.4 Å². The van der Waals surface area contributed by atoms with Crippen molar-refractivity contribution in [3.8, 4) is 0 Å². The lowest BCUT2D eigenvalue weighted by atomic mass is 9.99.